The summed E-state index contributed by atoms with van der Waals surface area (Å²) in [5, 5.41) is 2.92. The second kappa shape index (κ2) is 8.72. The van der Waals surface area contributed by atoms with Gasteiger partial charge in [-0.25, -0.2) is 0 Å². The zero-order valence-corrected chi connectivity index (χ0v) is 12.9. The van der Waals surface area contributed by atoms with Gasteiger partial charge in [0.2, 0.25) is 5.91 Å². The molecule has 0 bridgehead atoms. The monoisotopic (exact) mass is 277 g/mol. The molecule has 4 heteroatoms. The Morgan fingerprint density at radius 3 is 2.75 bits per heavy atom. The third kappa shape index (κ3) is 6.68. The van der Waals surface area contributed by atoms with E-state index in [-0.39, 0.29) is 5.91 Å². The maximum Gasteiger partial charge on any atom is 0.225 e. The molecule has 0 aliphatic carbocycles. The Bertz CT molecular complexity index is 418. The number of rotatable bonds is 8. The van der Waals surface area contributed by atoms with E-state index in [2.05, 4.69) is 31.1 Å². The van der Waals surface area contributed by atoms with Gasteiger partial charge >= 0.3 is 0 Å². The molecule has 112 valence electrons. The predicted octanol–water partition coefficient (Wildman–Crippen LogP) is 2.45. The molecule has 1 amide bonds. The number of amides is 1. The Morgan fingerprint density at radius 2 is 2.10 bits per heavy atom. The molecule has 3 N–H and O–H groups in total. The fraction of sp³-hybridized carbons (Fsp3) is 0.562. The lowest BCUT2D eigenvalue weighted by Crippen LogP contribution is -2.26. The smallest absolute Gasteiger partial charge is 0.225 e. The Labute approximate surface area is 122 Å². The molecule has 0 aliphatic rings. The van der Waals surface area contributed by atoms with E-state index in [1.165, 1.54) is 0 Å². The van der Waals surface area contributed by atoms with E-state index in [4.69, 9.17) is 5.73 Å². The standard InChI is InChI=1S/C16H27N3O/c1-13(2)7-9-19(3)10-8-16(20)18-15-6-4-5-14(11-15)12-17/h4-6,11,13H,7-10,12,17H2,1-3H3,(H,18,20). The highest BCUT2D eigenvalue weighted by Crippen LogP contribution is 2.10. The van der Waals surface area contributed by atoms with Gasteiger partial charge in [-0.05, 0) is 43.6 Å². The highest BCUT2D eigenvalue weighted by atomic mass is 16.1. The highest BCUT2D eigenvalue weighted by molar-refractivity contribution is 5.90. The Balaban J connectivity index is 2.32. The van der Waals surface area contributed by atoms with Gasteiger partial charge in [-0.3, -0.25) is 4.79 Å². The zero-order valence-electron chi connectivity index (χ0n) is 12.9. The first-order valence-corrected chi connectivity index (χ1v) is 7.28. The van der Waals surface area contributed by atoms with Crippen LogP contribution in [-0.4, -0.2) is 30.9 Å². The zero-order chi connectivity index (χ0) is 15.0. The molecule has 20 heavy (non-hydrogen) atoms. The Kier molecular flexibility index (Phi) is 7.26. The quantitative estimate of drug-likeness (QED) is 0.767. The average Bonchev–Trinajstić information content (AvgIpc) is 2.43. The molecule has 0 unspecified atom stereocenters. The third-order valence-electron chi connectivity index (χ3n) is 3.26. The third-order valence-corrected chi connectivity index (χ3v) is 3.26. The molecule has 1 aromatic rings. The van der Waals surface area contributed by atoms with Crippen LogP contribution in [0.3, 0.4) is 0 Å². The summed E-state index contributed by atoms with van der Waals surface area (Å²) in [5.74, 6) is 0.751. The highest BCUT2D eigenvalue weighted by Gasteiger charge is 2.06. The van der Waals surface area contributed by atoms with Crippen molar-refractivity contribution in [3.8, 4) is 0 Å². The number of hydrogen-bond donors (Lipinski definition) is 2. The normalized spacial score (nSPS) is 11.1. The lowest BCUT2D eigenvalue weighted by molar-refractivity contribution is -0.116. The van der Waals surface area contributed by atoms with Crippen LogP contribution in [0.5, 0.6) is 0 Å². The molecule has 0 atom stereocenters. The van der Waals surface area contributed by atoms with Crippen LogP contribution in [0, 0.1) is 5.92 Å². The van der Waals surface area contributed by atoms with Crippen molar-refractivity contribution in [1.29, 1.82) is 0 Å². The van der Waals surface area contributed by atoms with Gasteiger partial charge in [0.1, 0.15) is 0 Å². The summed E-state index contributed by atoms with van der Waals surface area (Å²) in [6, 6.07) is 7.67. The van der Waals surface area contributed by atoms with Crippen LogP contribution in [0.15, 0.2) is 24.3 Å². The van der Waals surface area contributed by atoms with Crippen molar-refractivity contribution in [2.45, 2.75) is 33.2 Å². The number of hydrogen-bond acceptors (Lipinski definition) is 3. The van der Waals surface area contributed by atoms with Gasteiger partial charge in [-0.2, -0.15) is 0 Å². The van der Waals surface area contributed by atoms with Crippen LogP contribution in [0.25, 0.3) is 0 Å². The van der Waals surface area contributed by atoms with Gasteiger partial charge in [0.15, 0.2) is 0 Å². The lowest BCUT2D eigenvalue weighted by Gasteiger charge is -2.17. The lowest BCUT2D eigenvalue weighted by atomic mass is 10.1. The van der Waals surface area contributed by atoms with Crippen molar-refractivity contribution < 1.29 is 4.79 Å². The van der Waals surface area contributed by atoms with Crippen LogP contribution in [0.1, 0.15) is 32.3 Å². The first kappa shape index (κ1) is 16.7. The largest absolute Gasteiger partial charge is 0.326 e. The summed E-state index contributed by atoms with van der Waals surface area (Å²) in [6.07, 6.45) is 1.68. The van der Waals surface area contributed by atoms with E-state index in [9.17, 15) is 4.79 Å². The summed E-state index contributed by atoms with van der Waals surface area (Å²) in [7, 11) is 2.06. The van der Waals surface area contributed by atoms with Gasteiger partial charge in [0, 0.05) is 25.2 Å². The number of benzene rings is 1. The summed E-state index contributed by atoms with van der Waals surface area (Å²) in [6.45, 7) is 6.74. The van der Waals surface area contributed by atoms with Crippen molar-refractivity contribution in [3.05, 3.63) is 29.8 Å². The Hall–Kier alpha value is -1.39. The molecule has 0 heterocycles. The molecule has 0 saturated carbocycles. The topological polar surface area (TPSA) is 58.4 Å². The SMILES string of the molecule is CC(C)CCN(C)CCC(=O)Nc1cccc(CN)c1. The second-order valence-electron chi connectivity index (χ2n) is 5.69. The van der Waals surface area contributed by atoms with Crippen LogP contribution < -0.4 is 11.1 Å². The number of nitrogens with two attached hydrogens (primary N) is 1. The number of nitrogens with zero attached hydrogens (tertiary/aromatic N) is 1. The van der Waals surface area contributed by atoms with Crippen LogP contribution in [-0.2, 0) is 11.3 Å². The van der Waals surface area contributed by atoms with Crippen LogP contribution >= 0.6 is 0 Å². The van der Waals surface area contributed by atoms with Gasteiger partial charge in [-0.15, -0.1) is 0 Å². The number of carbonyl (C=O) groups excluding carboxylic acids is 1. The van der Waals surface area contributed by atoms with E-state index in [1.807, 2.05) is 24.3 Å². The summed E-state index contributed by atoms with van der Waals surface area (Å²) < 4.78 is 0. The molecule has 1 aromatic carbocycles. The fourth-order valence-electron chi connectivity index (χ4n) is 1.88. The minimum absolute atomic E-state index is 0.0515. The van der Waals surface area contributed by atoms with E-state index < -0.39 is 0 Å². The fourth-order valence-corrected chi connectivity index (χ4v) is 1.88. The molecular weight excluding hydrogens is 250 g/mol. The van der Waals surface area contributed by atoms with Crippen LogP contribution in [0.4, 0.5) is 5.69 Å². The minimum atomic E-state index is 0.0515. The summed E-state index contributed by atoms with van der Waals surface area (Å²) in [5.41, 5.74) is 7.43. The van der Waals surface area contributed by atoms with E-state index in [1.54, 1.807) is 0 Å². The van der Waals surface area contributed by atoms with E-state index in [0.717, 1.165) is 30.8 Å². The molecule has 0 aromatic heterocycles. The molecule has 0 saturated heterocycles. The molecule has 0 aliphatic heterocycles. The second-order valence-corrected chi connectivity index (χ2v) is 5.69. The molecule has 1 rings (SSSR count). The number of nitrogens with one attached hydrogen (secondary N) is 1. The van der Waals surface area contributed by atoms with E-state index >= 15 is 0 Å². The van der Waals surface area contributed by atoms with Crippen molar-refractivity contribution >= 4 is 11.6 Å². The first-order chi connectivity index (χ1) is 9.51. The molecule has 4 nitrogen and oxygen atoms in total. The average molecular weight is 277 g/mol. The predicted molar refractivity (Wildman–Crippen MR) is 84.5 cm³/mol. The first-order valence-electron chi connectivity index (χ1n) is 7.28. The van der Waals surface area contributed by atoms with Gasteiger partial charge < -0.3 is 16.0 Å². The van der Waals surface area contributed by atoms with Crippen molar-refractivity contribution in [2.24, 2.45) is 11.7 Å². The molecular formula is C16H27N3O. The molecule has 0 spiro atoms. The Morgan fingerprint density at radius 1 is 1.35 bits per heavy atom. The van der Waals surface area contributed by atoms with Crippen molar-refractivity contribution in [3.63, 3.8) is 0 Å². The number of anilines is 1. The van der Waals surface area contributed by atoms with Gasteiger partial charge in [-0.1, -0.05) is 26.0 Å². The van der Waals surface area contributed by atoms with E-state index in [0.29, 0.717) is 18.9 Å². The van der Waals surface area contributed by atoms with Gasteiger partial charge in [0.25, 0.3) is 0 Å². The summed E-state index contributed by atoms with van der Waals surface area (Å²) in [4.78, 5) is 14.1. The van der Waals surface area contributed by atoms with Crippen molar-refractivity contribution in [1.82, 2.24) is 4.90 Å². The maximum atomic E-state index is 11.9. The number of carbonyl (C=O) groups is 1. The molecule has 0 fully saturated rings. The van der Waals surface area contributed by atoms with Gasteiger partial charge in [0.05, 0.1) is 0 Å². The maximum absolute atomic E-state index is 11.9. The summed E-state index contributed by atoms with van der Waals surface area (Å²) >= 11 is 0. The van der Waals surface area contributed by atoms with Crippen LogP contribution in [0.2, 0.25) is 0 Å². The minimum Gasteiger partial charge on any atom is -0.326 e. The van der Waals surface area contributed by atoms with Crippen molar-refractivity contribution in [2.75, 3.05) is 25.5 Å². The molecule has 0 radical (unpaired) electrons.